The second-order valence-corrected chi connectivity index (χ2v) is 7.12. The van der Waals surface area contributed by atoms with Gasteiger partial charge < -0.3 is 10.2 Å². The molecule has 0 spiro atoms. The van der Waals surface area contributed by atoms with E-state index in [0.29, 0.717) is 6.04 Å². The quantitative estimate of drug-likeness (QED) is 0.758. The van der Waals surface area contributed by atoms with E-state index >= 15 is 0 Å². The fourth-order valence-electron chi connectivity index (χ4n) is 3.50. The second-order valence-electron chi connectivity index (χ2n) is 7.12. The maximum atomic E-state index is 3.83. The first-order valence-corrected chi connectivity index (χ1v) is 8.41. The minimum atomic E-state index is 0.680. The van der Waals surface area contributed by atoms with Gasteiger partial charge in [0.2, 0.25) is 0 Å². The van der Waals surface area contributed by atoms with Gasteiger partial charge in [-0.15, -0.1) is 0 Å². The van der Waals surface area contributed by atoms with Gasteiger partial charge in [0.15, 0.2) is 0 Å². The smallest absolute Gasteiger partial charge is 0.00680 e. The Kier molecular flexibility index (Phi) is 7.38. The Balaban J connectivity index is 2.32. The molecule has 1 aliphatic heterocycles. The fourth-order valence-corrected chi connectivity index (χ4v) is 3.50. The fraction of sp³-hybridized carbons (Fsp3) is 1.00. The summed E-state index contributed by atoms with van der Waals surface area (Å²) in [6.07, 6.45) is 2.74. The zero-order valence-electron chi connectivity index (χ0n) is 14.1. The van der Waals surface area contributed by atoms with Crippen molar-refractivity contribution in [2.45, 2.75) is 60.4 Å². The van der Waals surface area contributed by atoms with E-state index in [2.05, 4.69) is 51.8 Å². The molecule has 0 bridgehead atoms. The van der Waals surface area contributed by atoms with E-state index in [1.807, 2.05) is 0 Å². The molecule has 1 unspecified atom stereocenters. The van der Waals surface area contributed by atoms with Gasteiger partial charge in [-0.2, -0.15) is 0 Å². The number of piperidine rings is 1. The highest BCUT2D eigenvalue weighted by atomic mass is 15.1. The van der Waals surface area contributed by atoms with Crippen molar-refractivity contribution in [3.63, 3.8) is 0 Å². The van der Waals surface area contributed by atoms with Crippen molar-refractivity contribution in [2.75, 3.05) is 26.2 Å². The van der Waals surface area contributed by atoms with Crippen LogP contribution in [0.1, 0.15) is 54.4 Å². The van der Waals surface area contributed by atoms with Crippen molar-refractivity contribution in [2.24, 2.45) is 23.7 Å². The minimum Gasteiger partial charge on any atom is -0.314 e. The van der Waals surface area contributed by atoms with Crippen LogP contribution in [0.5, 0.6) is 0 Å². The highest BCUT2D eigenvalue weighted by molar-refractivity contribution is 4.80. The summed E-state index contributed by atoms with van der Waals surface area (Å²) in [5.41, 5.74) is 0. The zero-order chi connectivity index (χ0) is 14.4. The Morgan fingerprint density at radius 3 is 1.95 bits per heavy atom. The van der Waals surface area contributed by atoms with Crippen LogP contribution in [0.2, 0.25) is 0 Å². The summed E-state index contributed by atoms with van der Waals surface area (Å²) in [4.78, 5) is 2.58. The molecule has 0 aromatic carbocycles. The molecular formula is C17H36N2. The highest BCUT2D eigenvalue weighted by Crippen LogP contribution is 2.23. The van der Waals surface area contributed by atoms with E-state index in [9.17, 15) is 0 Å². The first kappa shape index (κ1) is 17.0. The predicted octanol–water partition coefficient (Wildman–Crippen LogP) is 3.62. The lowest BCUT2D eigenvalue weighted by Crippen LogP contribution is -2.44. The van der Waals surface area contributed by atoms with Crippen molar-refractivity contribution in [1.82, 2.24) is 10.2 Å². The molecule has 0 aliphatic carbocycles. The molecule has 0 amide bonds. The predicted molar refractivity (Wildman–Crippen MR) is 85.5 cm³/mol. The second kappa shape index (κ2) is 8.26. The molecule has 1 atom stereocenters. The van der Waals surface area contributed by atoms with Gasteiger partial charge >= 0.3 is 0 Å². The van der Waals surface area contributed by atoms with Gasteiger partial charge in [-0.05, 0) is 69.6 Å². The topological polar surface area (TPSA) is 15.3 Å². The number of rotatable bonds is 7. The Labute approximate surface area is 121 Å². The maximum Gasteiger partial charge on any atom is 0.00680 e. The first-order chi connectivity index (χ1) is 8.95. The lowest BCUT2D eigenvalue weighted by molar-refractivity contribution is 0.161. The van der Waals surface area contributed by atoms with Crippen LogP contribution in [-0.2, 0) is 0 Å². The first-order valence-electron chi connectivity index (χ1n) is 8.41. The third-order valence-corrected chi connectivity index (χ3v) is 5.17. The Hall–Kier alpha value is -0.0800. The lowest BCUT2D eigenvalue weighted by Gasteiger charge is -2.36. The third kappa shape index (κ3) is 5.43. The van der Waals surface area contributed by atoms with Gasteiger partial charge in [0.25, 0.3) is 0 Å². The van der Waals surface area contributed by atoms with Gasteiger partial charge in [0.05, 0.1) is 0 Å². The van der Waals surface area contributed by atoms with Crippen LogP contribution in [0.15, 0.2) is 0 Å². The van der Waals surface area contributed by atoms with E-state index < -0.39 is 0 Å². The van der Waals surface area contributed by atoms with Crippen LogP contribution < -0.4 is 5.32 Å². The number of hydrogen-bond acceptors (Lipinski definition) is 2. The molecule has 1 heterocycles. The Morgan fingerprint density at radius 2 is 1.53 bits per heavy atom. The summed E-state index contributed by atoms with van der Waals surface area (Å²) in [5, 5.41) is 3.83. The van der Waals surface area contributed by atoms with Crippen molar-refractivity contribution < 1.29 is 0 Å². The van der Waals surface area contributed by atoms with Crippen LogP contribution >= 0.6 is 0 Å². The molecular weight excluding hydrogens is 232 g/mol. The molecule has 114 valence electrons. The summed E-state index contributed by atoms with van der Waals surface area (Å²) in [5.74, 6) is 3.24. The SMILES string of the molecule is CCN1CCC(C(C)NCC(C(C)C)C(C)C)CC1. The molecule has 19 heavy (non-hydrogen) atoms. The van der Waals surface area contributed by atoms with Crippen LogP contribution in [0.25, 0.3) is 0 Å². The standard InChI is InChI=1S/C17H36N2/c1-7-19-10-8-16(9-11-19)15(6)18-12-17(13(2)3)14(4)5/h13-18H,7-12H2,1-6H3. The highest BCUT2D eigenvalue weighted by Gasteiger charge is 2.24. The van der Waals surface area contributed by atoms with E-state index in [-0.39, 0.29) is 0 Å². The van der Waals surface area contributed by atoms with E-state index in [1.54, 1.807) is 0 Å². The lowest BCUT2D eigenvalue weighted by atomic mass is 9.84. The van der Waals surface area contributed by atoms with Crippen LogP contribution in [0.4, 0.5) is 0 Å². The average Bonchev–Trinajstić information content (AvgIpc) is 2.38. The molecule has 2 nitrogen and oxygen atoms in total. The molecule has 0 radical (unpaired) electrons. The Morgan fingerprint density at radius 1 is 1.00 bits per heavy atom. The number of hydrogen-bond donors (Lipinski definition) is 1. The van der Waals surface area contributed by atoms with Gasteiger partial charge in [-0.25, -0.2) is 0 Å². The van der Waals surface area contributed by atoms with Crippen LogP contribution in [0.3, 0.4) is 0 Å². The molecule has 1 rings (SSSR count). The largest absolute Gasteiger partial charge is 0.314 e. The van der Waals surface area contributed by atoms with Gasteiger partial charge in [0, 0.05) is 6.04 Å². The summed E-state index contributed by atoms with van der Waals surface area (Å²) in [6, 6.07) is 0.680. The van der Waals surface area contributed by atoms with Gasteiger partial charge in [-0.3, -0.25) is 0 Å². The number of nitrogens with zero attached hydrogens (tertiary/aromatic N) is 1. The van der Waals surface area contributed by atoms with Gasteiger partial charge in [0.1, 0.15) is 0 Å². The average molecular weight is 268 g/mol. The van der Waals surface area contributed by atoms with E-state index in [4.69, 9.17) is 0 Å². The summed E-state index contributed by atoms with van der Waals surface area (Å²) in [7, 11) is 0. The molecule has 1 aliphatic rings. The zero-order valence-corrected chi connectivity index (χ0v) is 14.1. The number of nitrogens with one attached hydrogen (secondary N) is 1. The molecule has 2 heteroatoms. The van der Waals surface area contributed by atoms with Crippen molar-refractivity contribution in [3.05, 3.63) is 0 Å². The molecule has 0 saturated carbocycles. The van der Waals surface area contributed by atoms with Gasteiger partial charge in [-0.1, -0.05) is 34.6 Å². The normalized spacial score (nSPS) is 20.7. The molecule has 0 aromatic rings. The minimum absolute atomic E-state index is 0.680. The van der Waals surface area contributed by atoms with Crippen molar-refractivity contribution >= 4 is 0 Å². The maximum absolute atomic E-state index is 3.83. The summed E-state index contributed by atoms with van der Waals surface area (Å²) < 4.78 is 0. The molecule has 1 fully saturated rings. The molecule has 1 saturated heterocycles. The monoisotopic (exact) mass is 268 g/mol. The van der Waals surface area contributed by atoms with E-state index in [1.165, 1.54) is 39.0 Å². The van der Waals surface area contributed by atoms with Crippen LogP contribution in [-0.4, -0.2) is 37.1 Å². The van der Waals surface area contributed by atoms with Crippen molar-refractivity contribution in [3.8, 4) is 0 Å². The Bertz CT molecular complexity index is 221. The van der Waals surface area contributed by atoms with Crippen LogP contribution in [0, 0.1) is 23.7 Å². The third-order valence-electron chi connectivity index (χ3n) is 5.17. The molecule has 0 aromatic heterocycles. The number of likely N-dealkylation sites (tertiary alicyclic amines) is 1. The summed E-state index contributed by atoms with van der Waals surface area (Å²) >= 11 is 0. The van der Waals surface area contributed by atoms with E-state index in [0.717, 1.165) is 23.7 Å². The molecule has 1 N–H and O–H groups in total. The van der Waals surface area contributed by atoms with Crippen molar-refractivity contribution in [1.29, 1.82) is 0 Å². The summed E-state index contributed by atoms with van der Waals surface area (Å²) in [6.45, 7) is 19.1.